The number of hydrogen-bond acceptors (Lipinski definition) is 4. The third-order valence-corrected chi connectivity index (χ3v) is 6.86. The van der Waals surface area contributed by atoms with Crippen molar-refractivity contribution in [2.45, 2.75) is 44.1 Å². The molecule has 2 heterocycles. The molecule has 2 aromatic rings. The lowest BCUT2D eigenvalue weighted by Crippen LogP contribution is -2.35. The van der Waals surface area contributed by atoms with Crippen LogP contribution in [0.2, 0.25) is 5.02 Å². The first kappa shape index (κ1) is 22.2. The van der Waals surface area contributed by atoms with E-state index in [1.165, 1.54) is 0 Å². The second kappa shape index (κ2) is 8.87. The molecule has 1 saturated carbocycles. The number of aromatic nitrogens is 1. The molecule has 2 fully saturated rings. The largest absolute Gasteiger partial charge is 0.355 e. The van der Waals surface area contributed by atoms with Crippen LogP contribution in [0.15, 0.2) is 24.3 Å². The highest BCUT2D eigenvalue weighted by Gasteiger charge is 2.36. The number of rotatable bonds is 5. The summed E-state index contributed by atoms with van der Waals surface area (Å²) < 4.78 is 27.3. The molecular formula is C23H29ClF2N4O. The third-order valence-electron chi connectivity index (χ3n) is 6.54. The fourth-order valence-electron chi connectivity index (χ4n) is 4.72. The molecule has 1 aliphatic heterocycles. The highest BCUT2D eigenvalue weighted by atomic mass is 35.5. The summed E-state index contributed by atoms with van der Waals surface area (Å²) in [5, 5.41) is 3.83. The Labute approximate surface area is 186 Å². The van der Waals surface area contributed by atoms with E-state index in [0.717, 1.165) is 25.3 Å². The molecule has 1 N–H and O–H groups in total. The van der Waals surface area contributed by atoms with Crippen molar-refractivity contribution < 1.29 is 13.6 Å². The van der Waals surface area contributed by atoms with Crippen LogP contribution in [-0.2, 0) is 0 Å². The number of pyridine rings is 1. The first-order valence-corrected chi connectivity index (χ1v) is 11.3. The Hall–Kier alpha value is -1.99. The average Bonchev–Trinajstić information content (AvgIpc) is 3.21. The van der Waals surface area contributed by atoms with Crippen molar-refractivity contribution in [1.82, 2.24) is 15.2 Å². The van der Waals surface area contributed by atoms with E-state index in [9.17, 15) is 13.6 Å². The predicted octanol–water partition coefficient (Wildman–Crippen LogP) is 4.58. The smallest absolute Gasteiger partial charge is 0.253 e. The summed E-state index contributed by atoms with van der Waals surface area (Å²) >= 11 is 6.36. The summed E-state index contributed by atoms with van der Waals surface area (Å²) in [6.07, 6.45) is 2.04. The number of likely N-dealkylation sites (N-methyl/N-ethyl adjacent to an activating group) is 1. The Kier molecular flexibility index (Phi) is 6.35. The Morgan fingerprint density at radius 2 is 2.10 bits per heavy atom. The van der Waals surface area contributed by atoms with Gasteiger partial charge in [0.25, 0.3) is 5.91 Å². The van der Waals surface area contributed by atoms with Crippen LogP contribution in [-0.4, -0.2) is 61.5 Å². The van der Waals surface area contributed by atoms with Crippen molar-refractivity contribution in [3.05, 3.63) is 34.9 Å². The number of alkyl halides is 2. The molecule has 0 radical (unpaired) electrons. The first-order valence-electron chi connectivity index (χ1n) is 10.9. The molecule has 1 unspecified atom stereocenters. The minimum absolute atomic E-state index is 0.0626. The quantitative estimate of drug-likeness (QED) is 0.724. The Bertz CT molecular complexity index is 968. The van der Waals surface area contributed by atoms with E-state index in [0.29, 0.717) is 40.4 Å². The maximum atomic E-state index is 13.7. The van der Waals surface area contributed by atoms with Gasteiger partial charge in [-0.15, -0.1) is 0 Å². The molecule has 5 nitrogen and oxygen atoms in total. The van der Waals surface area contributed by atoms with Gasteiger partial charge in [-0.2, -0.15) is 0 Å². The standard InChI is InChI=1S/C23H29ClF2N4O/c1-29(2)16-9-11-30(14-16)20-8-5-17-19(28-20)7-6-18(24)21(17)22(31)27-13-15-4-3-10-23(25,26)12-15/h5-8,15-16H,3-4,9-14H2,1-2H3,(H,27,31)/t15?,16-/m0/s1. The van der Waals surface area contributed by atoms with Gasteiger partial charge < -0.3 is 15.1 Å². The fraction of sp³-hybridized carbons (Fsp3) is 0.565. The van der Waals surface area contributed by atoms with Crippen LogP contribution in [0.3, 0.4) is 0 Å². The molecule has 168 valence electrons. The number of fused-ring (bicyclic) bond motifs is 1. The molecule has 1 amide bonds. The van der Waals surface area contributed by atoms with E-state index in [4.69, 9.17) is 16.6 Å². The van der Waals surface area contributed by atoms with Crippen molar-refractivity contribution in [3.8, 4) is 0 Å². The van der Waals surface area contributed by atoms with Crippen molar-refractivity contribution >= 4 is 34.2 Å². The van der Waals surface area contributed by atoms with Crippen LogP contribution in [0.5, 0.6) is 0 Å². The fourth-order valence-corrected chi connectivity index (χ4v) is 4.97. The zero-order valence-electron chi connectivity index (χ0n) is 18.0. The molecule has 4 rings (SSSR count). The van der Waals surface area contributed by atoms with E-state index in [1.54, 1.807) is 6.07 Å². The summed E-state index contributed by atoms with van der Waals surface area (Å²) in [6.45, 7) is 2.08. The highest BCUT2D eigenvalue weighted by molar-refractivity contribution is 6.35. The van der Waals surface area contributed by atoms with Crippen molar-refractivity contribution in [2.75, 3.05) is 38.6 Å². The van der Waals surface area contributed by atoms with E-state index >= 15 is 0 Å². The summed E-state index contributed by atoms with van der Waals surface area (Å²) in [6, 6.07) is 7.80. The van der Waals surface area contributed by atoms with Gasteiger partial charge in [0.05, 0.1) is 16.1 Å². The van der Waals surface area contributed by atoms with Crippen LogP contribution >= 0.6 is 11.6 Å². The Balaban J connectivity index is 1.51. The molecule has 1 saturated heterocycles. The zero-order chi connectivity index (χ0) is 22.2. The second-order valence-electron chi connectivity index (χ2n) is 9.04. The molecule has 0 bridgehead atoms. The maximum absolute atomic E-state index is 13.7. The van der Waals surface area contributed by atoms with Crippen LogP contribution in [0.4, 0.5) is 14.6 Å². The van der Waals surface area contributed by atoms with E-state index in [-0.39, 0.29) is 31.2 Å². The van der Waals surface area contributed by atoms with Crippen LogP contribution in [0.25, 0.3) is 10.9 Å². The number of anilines is 1. The normalized spacial score (nSPS) is 23.5. The molecule has 2 atom stereocenters. The van der Waals surface area contributed by atoms with Crippen molar-refractivity contribution in [3.63, 3.8) is 0 Å². The summed E-state index contributed by atoms with van der Waals surface area (Å²) in [4.78, 5) is 22.2. The summed E-state index contributed by atoms with van der Waals surface area (Å²) in [7, 11) is 4.17. The lowest BCUT2D eigenvalue weighted by molar-refractivity contribution is -0.0518. The van der Waals surface area contributed by atoms with Gasteiger partial charge in [-0.25, -0.2) is 13.8 Å². The number of carbonyl (C=O) groups excluding carboxylic acids is 1. The Morgan fingerprint density at radius 1 is 1.29 bits per heavy atom. The van der Waals surface area contributed by atoms with Gasteiger partial charge in [-0.3, -0.25) is 4.79 Å². The van der Waals surface area contributed by atoms with E-state index < -0.39 is 5.92 Å². The summed E-state index contributed by atoms with van der Waals surface area (Å²) in [5.41, 5.74) is 1.05. The minimum atomic E-state index is -2.63. The van der Waals surface area contributed by atoms with Gasteiger partial charge in [-0.05, 0) is 63.5 Å². The number of benzene rings is 1. The number of nitrogens with one attached hydrogen (secondary N) is 1. The molecule has 8 heteroatoms. The Morgan fingerprint density at radius 3 is 2.81 bits per heavy atom. The minimum Gasteiger partial charge on any atom is -0.355 e. The van der Waals surface area contributed by atoms with Gasteiger partial charge in [-0.1, -0.05) is 11.6 Å². The molecule has 1 aliphatic carbocycles. The molecule has 1 aromatic heterocycles. The first-order chi connectivity index (χ1) is 14.7. The highest BCUT2D eigenvalue weighted by Crippen LogP contribution is 2.36. The summed E-state index contributed by atoms with van der Waals surface area (Å²) in [5.74, 6) is -2.31. The lowest BCUT2D eigenvalue weighted by Gasteiger charge is -2.29. The number of carbonyl (C=O) groups is 1. The van der Waals surface area contributed by atoms with Crippen LogP contribution in [0.1, 0.15) is 42.5 Å². The van der Waals surface area contributed by atoms with Crippen molar-refractivity contribution in [2.24, 2.45) is 5.92 Å². The van der Waals surface area contributed by atoms with Crippen molar-refractivity contribution in [1.29, 1.82) is 0 Å². The van der Waals surface area contributed by atoms with E-state index in [1.807, 2.05) is 18.2 Å². The average molecular weight is 451 g/mol. The zero-order valence-corrected chi connectivity index (χ0v) is 18.8. The van der Waals surface area contributed by atoms with Gasteiger partial charge >= 0.3 is 0 Å². The van der Waals surface area contributed by atoms with Gasteiger partial charge in [0.2, 0.25) is 5.92 Å². The molecular weight excluding hydrogens is 422 g/mol. The molecule has 2 aliphatic rings. The molecule has 0 spiro atoms. The lowest BCUT2D eigenvalue weighted by atomic mass is 9.86. The monoisotopic (exact) mass is 450 g/mol. The second-order valence-corrected chi connectivity index (χ2v) is 9.45. The van der Waals surface area contributed by atoms with Gasteiger partial charge in [0, 0.05) is 43.9 Å². The number of amides is 1. The van der Waals surface area contributed by atoms with E-state index in [2.05, 4.69) is 29.2 Å². The maximum Gasteiger partial charge on any atom is 0.253 e. The topological polar surface area (TPSA) is 48.5 Å². The SMILES string of the molecule is CN(C)[C@H]1CCN(c2ccc3c(C(=O)NCC4CCCC(F)(F)C4)c(Cl)ccc3n2)C1. The van der Waals surface area contributed by atoms with Gasteiger partial charge in [0.1, 0.15) is 5.82 Å². The number of nitrogens with zero attached hydrogens (tertiary/aromatic N) is 3. The molecule has 31 heavy (non-hydrogen) atoms. The number of halogens is 3. The van der Waals surface area contributed by atoms with Crippen LogP contribution < -0.4 is 10.2 Å². The van der Waals surface area contributed by atoms with Gasteiger partial charge in [0.15, 0.2) is 0 Å². The third kappa shape index (κ3) is 4.93. The predicted molar refractivity (Wildman–Crippen MR) is 120 cm³/mol. The van der Waals surface area contributed by atoms with Crippen LogP contribution in [0, 0.1) is 5.92 Å². The number of hydrogen-bond donors (Lipinski definition) is 1. The molecule has 1 aromatic carbocycles.